The van der Waals surface area contributed by atoms with E-state index in [4.69, 9.17) is 0 Å². The first-order valence-electron chi connectivity index (χ1n) is 8.47. The van der Waals surface area contributed by atoms with Crippen molar-refractivity contribution in [3.05, 3.63) is 65.7 Å². The van der Waals surface area contributed by atoms with Crippen LogP contribution in [0.15, 0.2) is 58.9 Å². The lowest BCUT2D eigenvalue weighted by Gasteiger charge is -2.14. The zero-order chi connectivity index (χ0) is 19.9. The van der Waals surface area contributed by atoms with Crippen LogP contribution in [0.2, 0.25) is 0 Å². The summed E-state index contributed by atoms with van der Waals surface area (Å²) in [7, 11) is 1.46. The van der Waals surface area contributed by atoms with Crippen LogP contribution in [0, 0.1) is 6.92 Å². The molecule has 2 aromatic carbocycles. The molecule has 28 heavy (non-hydrogen) atoms. The predicted octanol–water partition coefficient (Wildman–Crippen LogP) is 3.88. The lowest BCUT2D eigenvalue weighted by atomic mass is 10.1. The number of amides is 3. The Balaban J connectivity index is 1.77. The van der Waals surface area contributed by atoms with Gasteiger partial charge in [-0.3, -0.25) is 10.1 Å². The number of thioether (sulfide) groups is 1. The molecule has 144 valence electrons. The summed E-state index contributed by atoms with van der Waals surface area (Å²) in [6, 6.07) is 16.6. The third-order valence-electron chi connectivity index (χ3n) is 3.82. The molecule has 0 aliphatic carbocycles. The van der Waals surface area contributed by atoms with E-state index in [1.807, 2.05) is 61.5 Å². The van der Waals surface area contributed by atoms with Gasteiger partial charge in [0.2, 0.25) is 11.0 Å². The largest absolute Gasteiger partial charge is 0.341 e. The van der Waals surface area contributed by atoms with E-state index in [1.165, 1.54) is 30.1 Å². The lowest BCUT2D eigenvalue weighted by Crippen LogP contribution is -2.39. The molecule has 3 aromatic rings. The van der Waals surface area contributed by atoms with Crippen molar-refractivity contribution in [2.24, 2.45) is 0 Å². The van der Waals surface area contributed by atoms with Crippen LogP contribution in [0.25, 0.3) is 0 Å². The third-order valence-corrected chi connectivity index (χ3v) is 5.99. The van der Waals surface area contributed by atoms with Crippen LogP contribution >= 0.6 is 23.1 Å². The molecule has 0 bridgehead atoms. The Morgan fingerprint density at radius 1 is 1.04 bits per heavy atom. The fraction of sp³-hybridized carbons (Fsp3) is 0.158. The molecular formula is C19H19N5O2S2. The molecule has 0 radical (unpaired) electrons. The Kier molecular flexibility index (Phi) is 6.62. The van der Waals surface area contributed by atoms with Crippen molar-refractivity contribution < 1.29 is 9.59 Å². The van der Waals surface area contributed by atoms with E-state index in [-0.39, 0.29) is 0 Å². The molecular weight excluding hydrogens is 394 g/mol. The topological polar surface area (TPSA) is 96.0 Å². The summed E-state index contributed by atoms with van der Waals surface area (Å²) in [5, 5.41) is 16.3. The van der Waals surface area contributed by atoms with Gasteiger partial charge >= 0.3 is 6.03 Å². The molecule has 0 saturated heterocycles. The second-order valence-electron chi connectivity index (χ2n) is 5.79. The molecule has 1 heterocycles. The molecule has 1 aromatic heterocycles. The van der Waals surface area contributed by atoms with Crippen molar-refractivity contribution in [3.8, 4) is 0 Å². The van der Waals surface area contributed by atoms with Gasteiger partial charge in [-0.1, -0.05) is 71.6 Å². The number of nitrogens with zero attached hydrogens (tertiary/aromatic N) is 2. The van der Waals surface area contributed by atoms with Crippen LogP contribution in [0.1, 0.15) is 16.4 Å². The van der Waals surface area contributed by atoms with Crippen LogP contribution in [0.4, 0.5) is 15.6 Å². The maximum absolute atomic E-state index is 12.6. The molecule has 3 rings (SSSR count). The lowest BCUT2D eigenvalue weighted by molar-refractivity contribution is -0.119. The van der Waals surface area contributed by atoms with Crippen LogP contribution in [-0.4, -0.2) is 29.2 Å². The molecule has 7 nitrogen and oxygen atoms in total. The fourth-order valence-corrected chi connectivity index (χ4v) is 4.33. The van der Waals surface area contributed by atoms with E-state index in [1.54, 1.807) is 0 Å². The summed E-state index contributed by atoms with van der Waals surface area (Å²) in [6.45, 7) is 2.01. The van der Waals surface area contributed by atoms with Gasteiger partial charge in [0.1, 0.15) is 5.25 Å². The summed E-state index contributed by atoms with van der Waals surface area (Å²) in [5.41, 5.74) is 2.82. The van der Waals surface area contributed by atoms with E-state index in [0.29, 0.717) is 9.47 Å². The van der Waals surface area contributed by atoms with Gasteiger partial charge in [0, 0.05) is 12.7 Å². The highest BCUT2D eigenvalue weighted by molar-refractivity contribution is 8.01. The third kappa shape index (κ3) is 5.08. The van der Waals surface area contributed by atoms with Gasteiger partial charge in [0.15, 0.2) is 4.34 Å². The number of nitrogens with one attached hydrogen (secondary N) is 3. The second kappa shape index (κ2) is 9.34. The van der Waals surface area contributed by atoms with E-state index in [0.717, 1.165) is 16.8 Å². The average molecular weight is 414 g/mol. The second-order valence-corrected chi connectivity index (χ2v) is 8.12. The molecule has 0 fully saturated rings. The highest BCUT2D eigenvalue weighted by atomic mass is 32.2. The standard InChI is InChI=1S/C19H19N5O2S2/c1-12-8-6-7-11-14(12)21-18-23-24-19(28-18)27-15(13-9-4-3-5-10-13)16(25)22-17(26)20-2/h3-11,15H,1-2H3,(H,21,23)(H2,20,22,25,26)/t15-/m1/s1. The minimum atomic E-state index is -0.627. The molecule has 0 unspecified atom stereocenters. The van der Waals surface area contributed by atoms with Gasteiger partial charge in [-0.25, -0.2) is 4.79 Å². The van der Waals surface area contributed by atoms with Crippen molar-refractivity contribution >= 4 is 45.9 Å². The Morgan fingerprint density at radius 3 is 2.46 bits per heavy atom. The summed E-state index contributed by atoms with van der Waals surface area (Å²) in [4.78, 5) is 24.2. The van der Waals surface area contributed by atoms with Crippen LogP contribution in [-0.2, 0) is 4.79 Å². The first kappa shape index (κ1) is 19.8. The van der Waals surface area contributed by atoms with E-state index in [9.17, 15) is 9.59 Å². The molecule has 0 aliphatic rings. The smallest absolute Gasteiger partial charge is 0.321 e. The molecule has 0 aliphatic heterocycles. The van der Waals surface area contributed by atoms with Gasteiger partial charge in [-0.05, 0) is 24.1 Å². The minimum Gasteiger partial charge on any atom is -0.341 e. The highest BCUT2D eigenvalue weighted by Crippen LogP contribution is 2.38. The predicted molar refractivity (Wildman–Crippen MR) is 112 cm³/mol. The van der Waals surface area contributed by atoms with Crippen molar-refractivity contribution in [1.82, 2.24) is 20.8 Å². The Hall–Kier alpha value is -2.91. The Morgan fingerprint density at radius 2 is 1.75 bits per heavy atom. The molecule has 1 atom stereocenters. The number of aromatic nitrogens is 2. The van der Waals surface area contributed by atoms with Gasteiger partial charge in [0.25, 0.3) is 0 Å². The van der Waals surface area contributed by atoms with E-state index < -0.39 is 17.2 Å². The van der Waals surface area contributed by atoms with Gasteiger partial charge in [-0.15, -0.1) is 10.2 Å². The number of hydrogen-bond acceptors (Lipinski definition) is 7. The molecule has 0 saturated carbocycles. The minimum absolute atomic E-state index is 0.417. The highest BCUT2D eigenvalue weighted by Gasteiger charge is 2.25. The number of benzene rings is 2. The van der Waals surface area contributed by atoms with Gasteiger partial charge in [-0.2, -0.15) is 0 Å². The zero-order valence-electron chi connectivity index (χ0n) is 15.3. The summed E-state index contributed by atoms with van der Waals surface area (Å²) < 4.78 is 0.622. The average Bonchev–Trinajstić information content (AvgIpc) is 3.15. The quantitative estimate of drug-likeness (QED) is 0.531. The van der Waals surface area contributed by atoms with E-state index in [2.05, 4.69) is 26.1 Å². The maximum Gasteiger partial charge on any atom is 0.321 e. The molecule has 0 spiro atoms. The normalized spacial score (nSPS) is 11.5. The molecule has 9 heteroatoms. The van der Waals surface area contributed by atoms with Crippen LogP contribution in [0.3, 0.4) is 0 Å². The monoisotopic (exact) mass is 413 g/mol. The summed E-state index contributed by atoms with van der Waals surface area (Å²) in [6.07, 6.45) is 0. The van der Waals surface area contributed by atoms with Gasteiger partial charge in [0.05, 0.1) is 0 Å². The number of anilines is 2. The Bertz CT molecular complexity index is 962. The van der Waals surface area contributed by atoms with Crippen molar-refractivity contribution in [3.63, 3.8) is 0 Å². The molecule has 3 amide bonds. The van der Waals surface area contributed by atoms with Gasteiger partial charge < -0.3 is 10.6 Å². The number of rotatable bonds is 6. The number of aryl methyl sites for hydroxylation is 1. The maximum atomic E-state index is 12.6. The summed E-state index contributed by atoms with van der Waals surface area (Å²) in [5.74, 6) is -0.417. The van der Waals surface area contributed by atoms with Crippen molar-refractivity contribution in [2.45, 2.75) is 16.5 Å². The van der Waals surface area contributed by atoms with Crippen LogP contribution in [0.5, 0.6) is 0 Å². The van der Waals surface area contributed by atoms with Crippen molar-refractivity contribution in [1.29, 1.82) is 0 Å². The SMILES string of the molecule is CNC(=O)NC(=O)[C@H](Sc1nnc(Nc2ccccc2C)s1)c1ccccc1. The molecule has 3 N–H and O–H groups in total. The van der Waals surface area contributed by atoms with Crippen LogP contribution < -0.4 is 16.0 Å². The number of para-hydroxylation sites is 1. The van der Waals surface area contributed by atoms with E-state index >= 15 is 0 Å². The number of urea groups is 1. The summed E-state index contributed by atoms with van der Waals surface area (Å²) >= 11 is 2.60. The fourth-order valence-electron chi connectivity index (χ4n) is 2.38. The van der Waals surface area contributed by atoms with Crippen molar-refractivity contribution in [2.75, 3.05) is 12.4 Å². The number of imide groups is 1. The number of carbonyl (C=O) groups excluding carboxylic acids is 2. The number of hydrogen-bond donors (Lipinski definition) is 3. The first-order valence-corrected chi connectivity index (χ1v) is 10.2. The Labute approximate surface area is 171 Å². The zero-order valence-corrected chi connectivity index (χ0v) is 16.9. The first-order chi connectivity index (χ1) is 13.6. The number of carbonyl (C=O) groups is 2.